The van der Waals surface area contributed by atoms with Crippen LogP contribution < -0.4 is 0 Å². The average Bonchev–Trinajstić information content (AvgIpc) is 1.54. The van der Waals surface area contributed by atoms with Crippen LogP contribution in [0.15, 0.2) is 382 Å². The van der Waals surface area contributed by atoms with E-state index in [9.17, 15) is 0 Å². The minimum Gasteiger partial charge on any atom is -0.455 e. The van der Waals surface area contributed by atoms with Gasteiger partial charge in [0.1, 0.15) is 44.7 Å². The average molecular weight is 1460 g/mol. The highest BCUT2D eigenvalue weighted by Crippen LogP contribution is 2.46. The van der Waals surface area contributed by atoms with Crippen LogP contribution in [0, 0.1) is 0 Å². The first-order valence-corrected chi connectivity index (χ1v) is 37.8. The highest BCUT2D eigenvalue weighted by atomic mass is 16.3. The molecule has 0 aliphatic rings. The van der Waals surface area contributed by atoms with E-state index in [1.54, 1.807) is 0 Å². The monoisotopic (exact) mass is 1460 g/mol. The fourth-order valence-electron chi connectivity index (χ4n) is 15.9. The van der Waals surface area contributed by atoms with Crippen molar-refractivity contribution in [1.29, 1.82) is 0 Å². The van der Waals surface area contributed by atoms with E-state index < -0.39 is 0 Å². The quantitative estimate of drug-likeness (QED) is 0.121. The van der Waals surface area contributed by atoms with Crippen LogP contribution in [-0.4, -0.2) is 39.9 Å². The Labute approximate surface area is 651 Å². The molecule has 0 fully saturated rings. The minimum atomic E-state index is 0.590. The smallest absolute Gasteiger partial charge is 0.164 e. The van der Waals surface area contributed by atoms with Gasteiger partial charge >= 0.3 is 0 Å². The van der Waals surface area contributed by atoms with E-state index in [-0.39, 0.29) is 0 Å². The number of para-hydroxylation sites is 6. The predicted molar refractivity (Wildman–Crippen MR) is 459 cm³/mol. The molecule has 532 valence electrons. The van der Waals surface area contributed by atoms with Crippen LogP contribution in [0.1, 0.15) is 0 Å². The van der Waals surface area contributed by atoms with E-state index in [0.29, 0.717) is 34.9 Å². The van der Waals surface area contributed by atoms with E-state index in [0.717, 1.165) is 199 Å². The molecule has 0 spiro atoms. The molecule has 114 heavy (non-hydrogen) atoms. The first-order chi connectivity index (χ1) is 56.5. The van der Waals surface area contributed by atoms with Crippen molar-refractivity contribution in [3.8, 4) is 124 Å². The molecule has 12 heteroatoms. The first kappa shape index (κ1) is 65.4. The van der Waals surface area contributed by atoms with Crippen LogP contribution in [0.2, 0.25) is 0 Å². The Morgan fingerprint density at radius 3 is 0.772 bits per heavy atom. The second-order valence-electron chi connectivity index (χ2n) is 28.4. The molecule has 0 unspecified atom stereocenters. The third-order valence-corrected chi connectivity index (χ3v) is 21.5. The lowest BCUT2D eigenvalue weighted by atomic mass is 9.98. The molecule has 8 heterocycles. The van der Waals surface area contributed by atoms with Gasteiger partial charge in [0, 0.05) is 98.7 Å². The second-order valence-corrected chi connectivity index (χ2v) is 28.4. The summed E-state index contributed by atoms with van der Waals surface area (Å²) >= 11 is 0. The molecule has 0 aliphatic heterocycles. The number of hydrogen-bond donors (Lipinski definition) is 0. The van der Waals surface area contributed by atoms with Crippen molar-refractivity contribution in [3.63, 3.8) is 0 Å². The standard InChI is InChI=1S/C54H32N4O2.C48H28N4O2/c1-3-12-33(13-4-1)34-22-26-37(27-23-34)53-56-52(36-14-5-2-6-15-36)57-54(58-53)38-28-24-35(25-29-38)49-48-44-17-8-10-21-47(44)60-51(48)43-31-30-39(32-45(43)55-49)40-18-11-19-42-41-16-7-9-20-46(41)59-50(40)42;1-3-12-30(13-4-1)46-50-47(31-14-5-2-6-15-31)52-48(51-46)32-24-22-29(23-25-32)43-42-38-17-8-10-21-41(38)54-45(42)37-27-26-33(28-39(37)49-43)34-18-11-19-36-35-16-7-9-20-40(35)53-44(34)36/h1-32H;1-28H. The summed E-state index contributed by atoms with van der Waals surface area (Å²) in [7, 11) is 0. The molecular formula is C102H60N8O4. The first-order valence-electron chi connectivity index (χ1n) is 37.8. The molecule has 0 bridgehead atoms. The third kappa shape index (κ3) is 11.5. The Hall–Kier alpha value is -15.7. The molecule has 15 aromatic carbocycles. The summed E-state index contributed by atoms with van der Waals surface area (Å²) in [6, 6.07) is 124. The Morgan fingerprint density at radius 2 is 0.412 bits per heavy atom. The molecular weight excluding hydrogens is 1400 g/mol. The molecule has 0 N–H and O–H groups in total. The van der Waals surface area contributed by atoms with Crippen LogP contribution in [0.25, 0.3) is 234 Å². The number of fused-ring (bicyclic) bond motifs is 16. The van der Waals surface area contributed by atoms with Crippen molar-refractivity contribution in [2.45, 2.75) is 0 Å². The van der Waals surface area contributed by atoms with Crippen LogP contribution in [0.3, 0.4) is 0 Å². The lowest BCUT2D eigenvalue weighted by Crippen LogP contribution is -2.00. The van der Waals surface area contributed by atoms with Gasteiger partial charge in [-0.15, -0.1) is 0 Å². The van der Waals surface area contributed by atoms with Gasteiger partial charge in [-0.05, 0) is 70.8 Å². The fraction of sp³-hybridized carbons (Fsp3) is 0. The number of nitrogens with zero attached hydrogens (tertiary/aromatic N) is 8. The van der Waals surface area contributed by atoms with Crippen molar-refractivity contribution in [2.75, 3.05) is 0 Å². The number of rotatable bonds is 11. The third-order valence-electron chi connectivity index (χ3n) is 21.5. The second kappa shape index (κ2) is 27.2. The molecule has 0 saturated heterocycles. The zero-order chi connectivity index (χ0) is 75.2. The molecule has 23 aromatic rings. The van der Waals surface area contributed by atoms with Crippen molar-refractivity contribution in [2.24, 2.45) is 0 Å². The van der Waals surface area contributed by atoms with Gasteiger partial charge in [0.25, 0.3) is 0 Å². The summed E-state index contributed by atoms with van der Waals surface area (Å²) in [5, 5.41) is 10.3. The fourth-order valence-corrected chi connectivity index (χ4v) is 15.9. The van der Waals surface area contributed by atoms with Gasteiger partial charge in [0.15, 0.2) is 34.9 Å². The summed E-state index contributed by atoms with van der Waals surface area (Å²) in [5.74, 6) is 3.67. The molecule has 23 rings (SSSR count). The normalized spacial score (nSPS) is 11.7. The van der Waals surface area contributed by atoms with E-state index in [1.807, 2.05) is 170 Å². The molecule has 0 amide bonds. The highest BCUT2D eigenvalue weighted by molar-refractivity contribution is 6.22. The van der Waals surface area contributed by atoms with Gasteiger partial charge in [-0.2, -0.15) is 0 Å². The van der Waals surface area contributed by atoms with Gasteiger partial charge in [0.05, 0.1) is 33.2 Å². The summed E-state index contributed by atoms with van der Waals surface area (Å²) in [6.07, 6.45) is 0. The van der Waals surface area contributed by atoms with Gasteiger partial charge < -0.3 is 17.7 Å². The number of hydrogen-bond acceptors (Lipinski definition) is 12. The Bertz CT molecular complexity index is 7640. The lowest BCUT2D eigenvalue weighted by Gasteiger charge is -2.11. The Balaban J connectivity index is 0.000000140. The zero-order valence-electron chi connectivity index (χ0n) is 60.9. The molecule has 0 radical (unpaired) electrons. The summed E-state index contributed by atoms with van der Waals surface area (Å²) in [6.45, 7) is 0. The van der Waals surface area contributed by atoms with E-state index in [2.05, 4.69) is 194 Å². The summed E-state index contributed by atoms with van der Waals surface area (Å²) < 4.78 is 26.1. The zero-order valence-corrected chi connectivity index (χ0v) is 60.9. The minimum absolute atomic E-state index is 0.590. The van der Waals surface area contributed by atoms with Crippen LogP contribution in [0.5, 0.6) is 0 Å². The number of furan rings is 4. The van der Waals surface area contributed by atoms with E-state index in [4.69, 9.17) is 57.5 Å². The van der Waals surface area contributed by atoms with Gasteiger partial charge in [-0.3, -0.25) is 0 Å². The van der Waals surface area contributed by atoms with Crippen molar-refractivity contribution in [1.82, 2.24) is 39.9 Å². The van der Waals surface area contributed by atoms with Crippen LogP contribution >= 0.6 is 0 Å². The number of aromatic nitrogens is 8. The maximum atomic E-state index is 6.63. The predicted octanol–water partition coefficient (Wildman–Crippen LogP) is 26.8. The molecule has 12 nitrogen and oxygen atoms in total. The maximum absolute atomic E-state index is 6.63. The topological polar surface area (TPSA) is 156 Å². The van der Waals surface area contributed by atoms with Gasteiger partial charge in [0.2, 0.25) is 0 Å². The molecule has 0 aliphatic carbocycles. The van der Waals surface area contributed by atoms with Gasteiger partial charge in [-0.1, -0.05) is 315 Å². The van der Waals surface area contributed by atoms with E-state index in [1.165, 1.54) is 0 Å². The van der Waals surface area contributed by atoms with E-state index >= 15 is 0 Å². The molecule has 0 saturated carbocycles. The Morgan fingerprint density at radius 1 is 0.158 bits per heavy atom. The number of pyridine rings is 2. The largest absolute Gasteiger partial charge is 0.455 e. The van der Waals surface area contributed by atoms with Crippen LogP contribution in [-0.2, 0) is 0 Å². The molecule has 0 atom stereocenters. The summed E-state index contributed by atoms with van der Waals surface area (Å²) in [5.41, 5.74) is 23.8. The highest BCUT2D eigenvalue weighted by Gasteiger charge is 2.24. The number of benzene rings is 15. The van der Waals surface area contributed by atoms with Crippen LogP contribution in [0.4, 0.5) is 0 Å². The van der Waals surface area contributed by atoms with Gasteiger partial charge in [-0.25, -0.2) is 39.9 Å². The van der Waals surface area contributed by atoms with Crippen molar-refractivity contribution in [3.05, 3.63) is 364 Å². The Kier molecular flexibility index (Phi) is 15.6. The SMILES string of the molecule is c1ccc(-c2ccc(-c3nc(-c4ccccc4)nc(-c4ccc(-c5nc6cc(-c7cccc8c7oc7ccccc78)ccc6c6oc7ccccc7c56)cc4)n3)cc2)cc1.c1ccc(-c2nc(-c3ccccc3)nc(-c3ccc(-c4nc5cc(-c6cccc7c6oc6ccccc67)ccc5c5oc6ccccc6c45)cc3)n2)cc1. The summed E-state index contributed by atoms with van der Waals surface area (Å²) in [4.78, 5) is 40.5. The van der Waals surface area contributed by atoms with Crippen molar-refractivity contribution >= 4 is 110 Å². The molecule has 8 aromatic heterocycles. The maximum Gasteiger partial charge on any atom is 0.164 e. The van der Waals surface area contributed by atoms with Crippen molar-refractivity contribution < 1.29 is 17.7 Å². The lowest BCUT2D eigenvalue weighted by molar-refractivity contribution is 0.669.